The minimum absolute atomic E-state index is 0.153. The van der Waals surface area contributed by atoms with Crippen molar-refractivity contribution >= 4 is 29.1 Å². The summed E-state index contributed by atoms with van der Waals surface area (Å²) in [6.45, 7) is 5.13. The van der Waals surface area contributed by atoms with Gasteiger partial charge < -0.3 is 9.30 Å². The number of carbonyl (C=O) groups is 1. The molecule has 0 amide bonds. The van der Waals surface area contributed by atoms with E-state index >= 15 is 0 Å². The molecule has 130 valence electrons. The lowest BCUT2D eigenvalue weighted by atomic mass is 10.2. The summed E-state index contributed by atoms with van der Waals surface area (Å²) in [6, 6.07) is 7.57. The Morgan fingerprint density at radius 1 is 1.38 bits per heavy atom. The zero-order chi connectivity index (χ0) is 17.5. The number of Topliss-reactive ketones (excluding diaryl/α,β-unsaturated/α-hetero) is 1. The molecule has 0 radical (unpaired) electrons. The normalized spacial score (nSPS) is 12.3. The monoisotopic (exact) mass is 367 g/mol. The highest BCUT2D eigenvalue weighted by Gasteiger charge is 2.20. The van der Waals surface area contributed by atoms with Gasteiger partial charge in [-0.2, -0.15) is 0 Å². The second-order valence-electron chi connectivity index (χ2n) is 5.36. The molecule has 0 N–H and O–H groups in total. The molecule has 1 aromatic heterocycles. The molecule has 0 saturated carbocycles. The Morgan fingerprint density at radius 3 is 2.79 bits per heavy atom. The lowest BCUT2D eigenvalue weighted by molar-refractivity contribution is -0.118. The molecule has 24 heavy (non-hydrogen) atoms. The quantitative estimate of drug-likeness (QED) is 0.493. The fraction of sp³-hybridized carbons (Fsp3) is 0.471. The molecule has 0 fully saturated rings. The largest absolute Gasteiger partial charge is 0.385 e. The summed E-state index contributed by atoms with van der Waals surface area (Å²) >= 11 is 7.75. The van der Waals surface area contributed by atoms with Gasteiger partial charge in [-0.1, -0.05) is 42.4 Å². The first-order chi connectivity index (χ1) is 11.6. The van der Waals surface area contributed by atoms with Crippen LogP contribution in [-0.2, 0) is 16.1 Å². The van der Waals surface area contributed by atoms with Crippen LogP contribution < -0.4 is 0 Å². The highest BCUT2D eigenvalue weighted by atomic mass is 35.5. The number of halogens is 1. The predicted octanol–water partition coefficient (Wildman–Crippen LogP) is 4.09. The molecule has 0 saturated heterocycles. The van der Waals surface area contributed by atoms with Crippen LogP contribution in [0.1, 0.15) is 26.7 Å². The van der Waals surface area contributed by atoms with Crippen molar-refractivity contribution in [1.29, 1.82) is 0 Å². The molecule has 1 heterocycles. The first-order valence-electron chi connectivity index (χ1n) is 7.94. The predicted molar refractivity (Wildman–Crippen MR) is 97.6 cm³/mol. The number of rotatable bonds is 9. The van der Waals surface area contributed by atoms with Crippen LogP contribution in [0.3, 0.4) is 0 Å². The topological polar surface area (TPSA) is 57.0 Å². The molecule has 5 nitrogen and oxygen atoms in total. The number of benzene rings is 1. The zero-order valence-electron chi connectivity index (χ0n) is 14.2. The van der Waals surface area contributed by atoms with E-state index in [9.17, 15) is 4.79 Å². The van der Waals surface area contributed by atoms with Gasteiger partial charge in [-0.25, -0.2) is 0 Å². The fourth-order valence-electron chi connectivity index (χ4n) is 2.30. The maximum absolute atomic E-state index is 11.9. The van der Waals surface area contributed by atoms with Crippen LogP contribution >= 0.6 is 23.4 Å². The molecule has 0 aliphatic heterocycles. The Hall–Kier alpha value is -1.37. The van der Waals surface area contributed by atoms with Gasteiger partial charge in [0.1, 0.15) is 5.78 Å². The Morgan fingerprint density at radius 2 is 2.12 bits per heavy atom. The Kier molecular flexibility index (Phi) is 7.27. The van der Waals surface area contributed by atoms with Gasteiger partial charge in [0.05, 0.1) is 10.3 Å². The van der Waals surface area contributed by atoms with E-state index in [1.54, 1.807) is 7.11 Å². The van der Waals surface area contributed by atoms with Gasteiger partial charge in [-0.05, 0) is 25.5 Å². The smallest absolute Gasteiger partial charge is 0.192 e. The molecule has 0 bridgehead atoms. The van der Waals surface area contributed by atoms with E-state index in [4.69, 9.17) is 16.3 Å². The highest BCUT2D eigenvalue weighted by molar-refractivity contribution is 8.00. The van der Waals surface area contributed by atoms with E-state index in [2.05, 4.69) is 10.2 Å². The maximum Gasteiger partial charge on any atom is 0.192 e. The van der Waals surface area contributed by atoms with Gasteiger partial charge in [0, 0.05) is 32.2 Å². The molecule has 7 heteroatoms. The van der Waals surface area contributed by atoms with E-state index in [1.807, 2.05) is 42.7 Å². The second kappa shape index (κ2) is 9.20. The third-order valence-corrected chi connectivity index (χ3v) is 5.10. The van der Waals surface area contributed by atoms with Crippen molar-refractivity contribution in [2.45, 2.75) is 43.6 Å². The third-order valence-electron chi connectivity index (χ3n) is 3.65. The van der Waals surface area contributed by atoms with Crippen LogP contribution in [-0.4, -0.2) is 39.5 Å². The molecule has 2 aromatic rings. The number of carbonyl (C=O) groups excluding carboxylic acids is 1. The number of ketones is 1. The summed E-state index contributed by atoms with van der Waals surface area (Å²) in [5.41, 5.74) is 0.838. The Bertz CT molecular complexity index is 690. The summed E-state index contributed by atoms with van der Waals surface area (Å²) in [5, 5.41) is 9.82. The molecule has 0 aliphatic carbocycles. The zero-order valence-corrected chi connectivity index (χ0v) is 15.7. The van der Waals surface area contributed by atoms with Crippen molar-refractivity contribution < 1.29 is 9.53 Å². The number of methoxy groups -OCH3 is 1. The first-order valence-corrected chi connectivity index (χ1v) is 9.20. The molecule has 1 unspecified atom stereocenters. The SMILES string of the molecule is CCC(=O)C(C)Sc1nnc(-c2ccccc2Cl)n1CCCOC. The standard InChI is InChI=1S/C17H22ClN3O2S/c1-4-15(22)12(2)24-17-20-19-16(21(17)10-7-11-23-3)13-8-5-6-9-14(13)18/h5-6,8-9,12H,4,7,10-11H2,1-3H3. The van der Waals surface area contributed by atoms with E-state index in [0.29, 0.717) is 24.6 Å². The highest BCUT2D eigenvalue weighted by Crippen LogP contribution is 2.31. The number of nitrogens with zero attached hydrogens (tertiary/aromatic N) is 3. The van der Waals surface area contributed by atoms with Gasteiger partial charge >= 0.3 is 0 Å². The van der Waals surface area contributed by atoms with Crippen LogP contribution in [0.5, 0.6) is 0 Å². The summed E-state index contributed by atoms with van der Waals surface area (Å²) < 4.78 is 7.16. The minimum Gasteiger partial charge on any atom is -0.385 e. The summed E-state index contributed by atoms with van der Waals surface area (Å²) in [7, 11) is 1.68. The number of hydrogen-bond acceptors (Lipinski definition) is 5. The molecule has 0 aliphatic rings. The van der Waals surface area contributed by atoms with E-state index < -0.39 is 0 Å². The van der Waals surface area contributed by atoms with Gasteiger partial charge in [0.25, 0.3) is 0 Å². The Balaban J connectivity index is 2.34. The second-order valence-corrected chi connectivity index (χ2v) is 7.08. The number of thioether (sulfide) groups is 1. The summed E-state index contributed by atoms with van der Waals surface area (Å²) in [6.07, 6.45) is 1.35. The molecule has 1 aromatic carbocycles. The van der Waals surface area contributed by atoms with Crippen molar-refractivity contribution in [3.63, 3.8) is 0 Å². The average molecular weight is 368 g/mol. The van der Waals surface area contributed by atoms with Crippen LogP contribution in [0.4, 0.5) is 0 Å². The van der Waals surface area contributed by atoms with Crippen LogP contribution in [0.2, 0.25) is 5.02 Å². The summed E-state index contributed by atoms with van der Waals surface area (Å²) in [4.78, 5) is 11.9. The fourth-order valence-corrected chi connectivity index (χ4v) is 3.53. The molecular weight excluding hydrogens is 346 g/mol. The molecule has 2 rings (SSSR count). The van der Waals surface area contributed by atoms with Gasteiger partial charge in [-0.3, -0.25) is 4.79 Å². The number of ether oxygens (including phenoxy) is 1. The minimum atomic E-state index is -0.153. The van der Waals surface area contributed by atoms with Crippen LogP contribution in [0.15, 0.2) is 29.4 Å². The molecule has 1 atom stereocenters. The summed E-state index contributed by atoms with van der Waals surface area (Å²) in [5.74, 6) is 0.918. The van der Waals surface area contributed by atoms with E-state index in [0.717, 1.165) is 23.0 Å². The van der Waals surface area contributed by atoms with Crippen molar-refractivity contribution in [2.75, 3.05) is 13.7 Å². The van der Waals surface area contributed by atoms with Crippen LogP contribution in [0, 0.1) is 0 Å². The molecular formula is C17H22ClN3O2S. The van der Waals surface area contributed by atoms with E-state index in [-0.39, 0.29) is 11.0 Å². The first kappa shape index (κ1) is 19.0. The third kappa shape index (κ3) is 4.59. The lowest BCUT2D eigenvalue weighted by Gasteiger charge is -2.13. The van der Waals surface area contributed by atoms with Gasteiger partial charge in [-0.15, -0.1) is 10.2 Å². The van der Waals surface area contributed by atoms with Crippen molar-refractivity contribution in [3.8, 4) is 11.4 Å². The number of aromatic nitrogens is 3. The number of hydrogen-bond donors (Lipinski definition) is 0. The Labute approximate surface area is 151 Å². The lowest BCUT2D eigenvalue weighted by Crippen LogP contribution is -2.13. The van der Waals surface area contributed by atoms with Crippen molar-refractivity contribution in [2.24, 2.45) is 0 Å². The van der Waals surface area contributed by atoms with Crippen molar-refractivity contribution in [3.05, 3.63) is 29.3 Å². The van der Waals surface area contributed by atoms with Gasteiger partial charge in [0.15, 0.2) is 11.0 Å². The van der Waals surface area contributed by atoms with Gasteiger partial charge in [0.2, 0.25) is 0 Å². The molecule has 0 spiro atoms. The van der Waals surface area contributed by atoms with E-state index in [1.165, 1.54) is 11.8 Å². The maximum atomic E-state index is 11.9. The average Bonchev–Trinajstić information content (AvgIpc) is 2.97. The van der Waals surface area contributed by atoms with Crippen LogP contribution in [0.25, 0.3) is 11.4 Å². The van der Waals surface area contributed by atoms with Crippen molar-refractivity contribution in [1.82, 2.24) is 14.8 Å².